The number of halogens is 2. The van der Waals surface area contributed by atoms with Gasteiger partial charge in [0, 0.05) is 20.4 Å². The Bertz CT molecular complexity index is 524. The molecule has 0 fully saturated rings. The molecule has 0 aliphatic heterocycles. The molecule has 0 saturated carbocycles. The van der Waals surface area contributed by atoms with Crippen LogP contribution in [0.4, 0.5) is 10.1 Å². The number of aryl methyl sites for hydroxylation is 1. The first-order valence-electron chi connectivity index (χ1n) is 5.33. The smallest absolute Gasteiger partial charge is 0.126 e. The van der Waals surface area contributed by atoms with Gasteiger partial charge < -0.3 is 5.32 Å². The first-order chi connectivity index (χ1) is 8.06. The zero-order chi connectivity index (χ0) is 12.4. The van der Waals surface area contributed by atoms with Crippen LogP contribution in [0.3, 0.4) is 0 Å². The standard InChI is InChI=1S/C13H13BrFNS/c1-8-5-11(3-4-12(8)15)16-9(2)13-6-10(14)7-17-13/h3-7,9,16H,1-2H3. The van der Waals surface area contributed by atoms with Crippen LogP contribution in [0.5, 0.6) is 0 Å². The van der Waals surface area contributed by atoms with Crippen LogP contribution in [0, 0.1) is 12.7 Å². The van der Waals surface area contributed by atoms with Crippen molar-refractivity contribution >= 4 is 33.0 Å². The average Bonchev–Trinajstić information content (AvgIpc) is 2.70. The molecule has 0 amide bonds. The fraction of sp³-hybridized carbons (Fsp3) is 0.231. The van der Waals surface area contributed by atoms with Gasteiger partial charge in [0.25, 0.3) is 0 Å². The highest BCUT2D eigenvalue weighted by molar-refractivity contribution is 9.10. The lowest BCUT2D eigenvalue weighted by atomic mass is 10.2. The Morgan fingerprint density at radius 1 is 1.35 bits per heavy atom. The molecular weight excluding hydrogens is 301 g/mol. The van der Waals surface area contributed by atoms with Gasteiger partial charge in [-0.1, -0.05) is 0 Å². The quantitative estimate of drug-likeness (QED) is 0.828. The highest BCUT2D eigenvalue weighted by atomic mass is 79.9. The average molecular weight is 314 g/mol. The Morgan fingerprint density at radius 2 is 2.12 bits per heavy atom. The van der Waals surface area contributed by atoms with E-state index in [0.717, 1.165) is 10.2 Å². The van der Waals surface area contributed by atoms with E-state index in [1.165, 1.54) is 10.9 Å². The lowest BCUT2D eigenvalue weighted by Gasteiger charge is -2.14. The van der Waals surface area contributed by atoms with Crippen molar-refractivity contribution in [2.75, 3.05) is 5.32 Å². The molecule has 0 radical (unpaired) electrons. The third kappa shape index (κ3) is 3.07. The molecule has 17 heavy (non-hydrogen) atoms. The largest absolute Gasteiger partial charge is 0.378 e. The van der Waals surface area contributed by atoms with Crippen LogP contribution in [0.1, 0.15) is 23.4 Å². The van der Waals surface area contributed by atoms with Crippen molar-refractivity contribution in [3.05, 3.63) is 50.4 Å². The van der Waals surface area contributed by atoms with E-state index in [9.17, 15) is 4.39 Å². The van der Waals surface area contributed by atoms with Gasteiger partial charge in [0.1, 0.15) is 5.82 Å². The number of hydrogen-bond donors (Lipinski definition) is 1. The lowest BCUT2D eigenvalue weighted by Crippen LogP contribution is -2.05. The summed E-state index contributed by atoms with van der Waals surface area (Å²) in [4.78, 5) is 1.25. The maximum Gasteiger partial charge on any atom is 0.126 e. The molecular formula is C13H13BrFNS. The number of thiophene rings is 1. The summed E-state index contributed by atoms with van der Waals surface area (Å²) >= 11 is 5.14. The van der Waals surface area contributed by atoms with Crippen molar-refractivity contribution in [3.8, 4) is 0 Å². The number of rotatable bonds is 3. The van der Waals surface area contributed by atoms with Crippen molar-refractivity contribution in [2.24, 2.45) is 0 Å². The van der Waals surface area contributed by atoms with Crippen LogP contribution in [-0.2, 0) is 0 Å². The molecule has 2 aromatic rings. The van der Waals surface area contributed by atoms with Gasteiger partial charge in [0.05, 0.1) is 6.04 Å². The minimum absolute atomic E-state index is 0.165. The molecule has 1 unspecified atom stereocenters. The fourth-order valence-corrected chi connectivity index (χ4v) is 3.06. The Labute approximate surface area is 113 Å². The topological polar surface area (TPSA) is 12.0 Å². The van der Waals surface area contributed by atoms with Crippen LogP contribution in [0.2, 0.25) is 0 Å². The summed E-state index contributed by atoms with van der Waals surface area (Å²) in [7, 11) is 0. The Morgan fingerprint density at radius 3 is 2.71 bits per heavy atom. The molecule has 1 aromatic carbocycles. The molecule has 0 spiro atoms. The Kier molecular flexibility index (Phi) is 3.84. The summed E-state index contributed by atoms with van der Waals surface area (Å²) < 4.78 is 14.2. The van der Waals surface area contributed by atoms with Gasteiger partial charge in [0.2, 0.25) is 0 Å². The van der Waals surface area contributed by atoms with E-state index in [2.05, 4.69) is 39.6 Å². The van der Waals surface area contributed by atoms with Crippen molar-refractivity contribution in [1.82, 2.24) is 0 Å². The summed E-state index contributed by atoms with van der Waals surface area (Å²) in [5, 5.41) is 5.42. The van der Waals surface area contributed by atoms with E-state index in [-0.39, 0.29) is 11.9 Å². The van der Waals surface area contributed by atoms with E-state index in [1.54, 1.807) is 24.3 Å². The van der Waals surface area contributed by atoms with Crippen LogP contribution in [-0.4, -0.2) is 0 Å². The number of anilines is 1. The zero-order valence-corrected chi connectivity index (χ0v) is 12.0. The summed E-state index contributed by atoms with van der Waals surface area (Å²) in [6, 6.07) is 7.40. The van der Waals surface area contributed by atoms with Gasteiger partial charge in [-0.15, -0.1) is 11.3 Å². The minimum Gasteiger partial charge on any atom is -0.378 e. The van der Waals surface area contributed by atoms with Crippen LogP contribution in [0.15, 0.2) is 34.1 Å². The molecule has 0 aliphatic carbocycles. The van der Waals surface area contributed by atoms with E-state index in [1.807, 2.05) is 6.07 Å². The normalized spacial score (nSPS) is 12.5. The van der Waals surface area contributed by atoms with Gasteiger partial charge >= 0.3 is 0 Å². The van der Waals surface area contributed by atoms with Crippen LogP contribution >= 0.6 is 27.3 Å². The molecule has 1 aromatic heterocycles. The molecule has 0 saturated heterocycles. The maximum atomic E-state index is 13.1. The molecule has 0 bridgehead atoms. The SMILES string of the molecule is Cc1cc(NC(C)c2cc(Br)cs2)ccc1F. The van der Waals surface area contributed by atoms with Gasteiger partial charge in [0.15, 0.2) is 0 Å². The molecule has 90 valence electrons. The third-order valence-corrected chi connectivity index (χ3v) is 4.43. The predicted octanol–water partition coefficient (Wildman–Crippen LogP) is 5.13. The molecule has 1 atom stereocenters. The second kappa shape index (κ2) is 5.19. The van der Waals surface area contributed by atoms with E-state index in [0.29, 0.717) is 5.56 Å². The van der Waals surface area contributed by atoms with Gasteiger partial charge in [-0.3, -0.25) is 0 Å². The zero-order valence-electron chi connectivity index (χ0n) is 9.63. The van der Waals surface area contributed by atoms with Gasteiger partial charge in [-0.05, 0) is 59.6 Å². The molecule has 1 N–H and O–H groups in total. The molecule has 1 nitrogen and oxygen atoms in total. The number of hydrogen-bond acceptors (Lipinski definition) is 2. The van der Waals surface area contributed by atoms with Gasteiger partial charge in [-0.2, -0.15) is 0 Å². The second-order valence-electron chi connectivity index (χ2n) is 4.00. The lowest BCUT2D eigenvalue weighted by molar-refractivity contribution is 0.618. The van der Waals surface area contributed by atoms with Crippen LogP contribution < -0.4 is 5.32 Å². The first kappa shape index (κ1) is 12.6. The fourth-order valence-electron chi connectivity index (χ4n) is 1.61. The summed E-state index contributed by atoms with van der Waals surface area (Å²) in [5.41, 5.74) is 1.61. The summed E-state index contributed by atoms with van der Waals surface area (Å²) in [6.45, 7) is 3.86. The molecule has 4 heteroatoms. The first-order valence-corrected chi connectivity index (χ1v) is 7.00. The van der Waals surface area contributed by atoms with Gasteiger partial charge in [-0.25, -0.2) is 4.39 Å². The molecule has 2 rings (SSSR count). The Hall–Kier alpha value is -0.870. The van der Waals surface area contributed by atoms with Crippen molar-refractivity contribution in [1.29, 1.82) is 0 Å². The highest BCUT2D eigenvalue weighted by Gasteiger charge is 2.08. The monoisotopic (exact) mass is 313 g/mol. The van der Waals surface area contributed by atoms with Crippen molar-refractivity contribution < 1.29 is 4.39 Å². The molecule has 1 heterocycles. The summed E-state index contributed by atoms with van der Waals surface area (Å²) in [5.74, 6) is -0.165. The number of nitrogens with one attached hydrogen (secondary N) is 1. The van der Waals surface area contributed by atoms with Crippen LogP contribution in [0.25, 0.3) is 0 Å². The Balaban J connectivity index is 2.12. The minimum atomic E-state index is -0.165. The highest BCUT2D eigenvalue weighted by Crippen LogP contribution is 2.28. The summed E-state index contributed by atoms with van der Waals surface area (Å²) in [6.07, 6.45) is 0. The van der Waals surface area contributed by atoms with E-state index >= 15 is 0 Å². The second-order valence-corrected chi connectivity index (χ2v) is 5.86. The van der Waals surface area contributed by atoms with E-state index < -0.39 is 0 Å². The van der Waals surface area contributed by atoms with Crippen molar-refractivity contribution in [3.63, 3.8) is 0 Å². The third-order valence-electron chi connectivity index (χ3n) is 2.56. The number of benzene rings is 1. The van der Waals surface area contributed by atoms with E-state index in [4.69, 9.17) is 0 Å². The van der Waals surface area contributed by atoms with Crippen molar-refractivity contribution in [2.45, 2.75) is 19.9 Å². The predicted molar refractivity (Wildman–Crippen MR) is 75.2 cm³/mol. The maximum absolute atomic E-state index is 13.1. The molecule has 0 aliphatic rings.